The van der Waals surface area contributed by atoms with Gasteiger partial charge in [0.15, 0.2) is 0 Å². The molecule has 0 radical (unpaired) electrons. The highest BCUT2D eigenvalue weighted by atomic mass is 35.5. The highest BCUT2D eigenvalue weighted by Crippen LogP contribution is 2.39. The van der Waals surface area contributed by atoms with E-state index >= 15 is 0 Å². The Bertz CT molecular complexity index is 1800. The molecule has 204 valence electrons. The van der Waals surface area contributed by atoms with Crippen molar-refractivity contribution in [3.63, 3.8) is 0 Å². The van der Waals surface area contributed by atoms with E-state index in [4.69, 9.17) is 16.1 Å². The van der Waals surface area contributed by atoms with Crippen molar-refractivity contribution in [2.24, 2.45) is 0 Å². The molecule has 1 fully saturated rings. The third-order valence-electron chi connectivity index (χ3n) is 7.39. The number of nitrogens with zero attached hydrogens (tertiary/aromatic N) is 3. The Hall–Kier alpha value is -4.24. The second-order valence-corrected chi connectivity index (χ2v) is 10.6. The van der Waals surface area contributed by atoms with E-state index in [2.05, 4.69) is 15.0 Å². The average Bonchev–Trinajstić information content (AvgIpc) is 3.42. The smallest absolute Gasteiger partial charge is 0.282 e. The summed E-state index contributed by atoms with van der Waals surface area (Å²) in [6, 6.07) is 16.4. The Morgan fingerprint density at radius 2 is 1.77 bits per heavy atom. The van der Waals surface area contributed by atoms with Crippen molar-refractivity contribution >= 4 is 45.2 Å². The topological polar surface area (TPSA) is 80.4 Å². The van der Waals surface area contributed by atoms with Gasteiger partial charge in [0.05, 0.1) is 24.3 Å². The fraction of sp³-hybridized carbons (Fsp3) is 0.233. The van der Waals surface area contributed by atoms with Crippen LogP contribution in [-0.2, 0) is 6.54 Å². The molecule has 1 aliphatic rings. The van der Waals surface area contributed by atoms with Gasteiger partial charge < -0.3 is 19.3 Å². The maximum absolute atomic E-state index is 13.5. The first-order chi connectivity index (χ1) is 19.1. The molecule has 0 unspecified atom stereocenters. The molecule has 6 rings (SSSR count). The zero-order chi connectivity index (χ0) is 28.3. The summed E-state index contributed by atoms with van der Waals surface area (Å²) in [5.74, 6) is -3.02. The second-order valence-electron chi connectivity index (χ2n) is 10.2. The summed E-state index contributed by atoms with van der Waals surface area (Å²) >= 11 is 6.12. The lowest BCUT2D eigenvalue weighted by Gasteiger charge is -2.38. The summed E-state index contributed by atoms with van der Waals surface area (Å²) in [6.45, 7) is 2.91. The predicted octanol–water partition coefficient (Wildman–Crippen LogP) is 6.22. The van der Waals surface area contributed by atoms with Gasteiger partial charge in [-0.25, -0.2) is 8.78 Å². The molecule has 2 amide bonds. The van der Waals surface area contributed by atoms with Crippen molar-refractivity contribution in [2.45, 2.75) is 26.3 Å². The van der Waals surface area contributed by atoms with E-state index in [1.807, 2.05) is 44.2 Å². The highest BCUT2D eigenvalue weighted by Gasteiger charge is 2.46. The number of rotatable bonds is 5. The number of carbonyl (C=O) groups excluding carboxylic acids is 2. The number of alkyl halides is 2. The van der Waals surface area contributed by atoms with E-state index < -0.39 is 24.9 Å². The minimum Gasteiger partial charge on any atom is -0.361 e. The molecule has 3 heterocycles. The van der Waals surface area contributed by atoms with Gasteiger partial charge in [-0.1, -0.05) is 28.9 Å². The molecule has 1 N–H and O–H groups in total. The normalized spacial score (nSPS) is 14.5. The van der Waals surface area contributed by atoms with E-state index in [9.17, 15) is 18.4 Å². The van der Waals surface area contributed by atoms with Crippen LogP contribution in [0.25, 0.3) is 32.9 Å². The van der Waals surface area contributed by atoms with Gasteiger partial charge in [-0.15, -0.1) is 0 Å². The number of halogens is 3. The molecule has 0 atom stereocenters. The third-order valence-corrected chi connectivity index (χ3v) is 7.64. The fourth-order valence-corrected chi connectivity index (χ4v) is 5.62. The molecule has 0 aliphatic carbocycles. The Labute approximate surface area is 233 Å². The van der Waals surface area contributed by atoms with Crippen molar-refractivity contribution in [3.05, 3.63) is 87.8 Å². The van der Waals surface area contributed by atoms with Crippen LogP contribution in [0.3, 0.4) is 0 Å². The Morgan fingerprint density at radius 1 is 1.05 bits per heavy atom. The number of amides is 2. The summed E-state index contributed by atoms with van der Waals surface area (Å²) in [4.78, 5) is 27.5. The molecular weight excluding hydrogens is 538 g/mol. The molecule has 7 nitrogen and oxygen atoms in total. The number of fused-ring (bicyclic) bond motifs is 3. The van der Waals surface area contributed by atoms with E-state index in [1.165, 1.54) is 0 Å². The molecule has 5 aromatic rings. The largest absolute Gasteiger partial charge is 0.361 e. The number of likely N-dealkylation sites (tertiary alicyclic amines) is 1. The maximum atomic E-state index is 13.5. The van der Waals surface area contributed by atoms with Crippen molar-refractivity contribution in [1.29, 1.82) is 0 Å². The lowest BCUT2D eigenvalue weighted by atomic mass is 9.96. The summed E-state index contributed by atoms with van der Waals surface area (Å²) in [5.41, 5.74) is 5.49. The van der Waals surface area contributed by atoms with Gasteiger partial charge in [0.25, 0.3) is 17.7 Å². The molecule has 1 saturated heterocycles. The lowest BCUT2D eigenvalue weighted by Crippen LogP contribution is -2.58. The molecule has 40 heavy (non-hydrogen) atoms. The number of aromatic nitrogens is 2. The van der Waals surface area contributed by atoms with Crippen LogP contribution < -0.4 is 5.32 Å². The first-order valence-electron chi connectivity index (χ1n) is 12.7. The van der Waals surface area contributed by atoms with Crippen molar-refractivity contribution < 1.29 is 22.9 Å². The zero-order valence-electron chi connectivity index (χ0n) is 22.0. The first kappa shape index (κ1) is 26.0. The molecule has 1 aliphatic heterocycles. The SMILES string of the molecule is CNC(=O)c1cc(-c2c(C)noc2C)cc2c1c1cc(C(=O)N3CC(F)(F)C3)ccc1n2Cc1ccc(Cl)cc1. The summed E-state index contributed by atoms with van der Waals surface area (Å²) in [5, 5.41) is 8.76. The van der Waals surface area contributed by atoms with E-state index in [0.29, 0.717) is 39.4 Å². The Kier molecular flexibility index (Phi) is 6.14. The quantitative estimate of drug-likeness (QED) is 0.276. The van der Waals surface area contributed by atoms with Gasteiger partial charge in [0, 0.05) is 51.6 Å². The van der Waals surface area contributed by atoms with E-state index in [1.54, 1.807) is 31.3 Å². The van der Waals surface area contributed by atoms with Crippen LogP contribution in [0.15, 0.2) is 59.1 Å². The van der Waals surface area contributed by atoms with Gasteiger partial charge in [0.2, 0.25) is 0 Å². The van der Waals surface area contributed by atoms with Crippen LogP contribution in [-0.4, -0.2) is 52.5 Å². The van der Waals surface area contributed by atoms with Crippen LogP contribution in [0.1, 0.15) is 37.7 Å². The molecule has 0 spiro atoms. The first-order valence-corrected chi connectivity index (χ1v) is 13.1. The van der Waals surface area contributed by atoms with Gasteiger partial charge in [-0.05, 0) is 67.4 Å². The fourth-order valence-electron chi connectivity index (χ4n) is 5.49. The van der Waals surface area contributed by atoms with Gasteiger partial charge in [-0.3, -0.25) is 9.59 Å². The van der Waals surface area contributed by atoms with E-state index in [-0.39, 0.29) is 11.5 Å². The van der Waals surface area contributed by atoms with E-state index in [0.717, 1.165) is 32.6 Å². The number of hydrogen-bond acceptors (Lipinski definition) is 4. The summed E-state index contributed by atoms with van der Waals surface area (Å²) in [6.07, 6.45) is 0. The number of hydrogen-bond donors (Lipinski definition) is 1. The number of benzene rings is 3. The summed E-state index contributed by atoms with van der Waals surface area (Å²) in [7, 11) is 1.56. The lowest BCUT2D eigenvalue weighted by molar-refractivity contribution is -0.113. The minimum atomic E-state index is -2.87. The molecule has 3 aromatic carbocycles. The number of nitrogens with one attached hydrogen (secondary N) is 1. The molecule has 0 bridgehead atoms. The van der Waals surface area contributed by atoms with Crippen molar-refractivity contribution in [1.82, 2.24) is 19.9 Å². The Morgan fingerprint density at radius 3 is 2.40 bits per heavy atom. The highest BCUT2D eigenvalue weighted by molar-refractivity contribution is 6.30. The monoisotopic (exact) mass is 562 g/mol. The van der Waals surface area contributed by atoms with Gasteiger partial charge >= 0.3 is 0 Å². The number of aryl methyl sites for hydroxylation is 2. The molecule has 10 heteroatoms. The molecular formula is C30H25ClF2N4O3. The van der Waals surface area contributed by atoms with Crippen LogP contribution >= 0.6 is 11.6 Å². The van der Waals surface area contributed by atoms with Crippen molar-refractivity contribution in [3.8, 4) is 11.1 Å². The van der Waals surface area contributed by atoms with Crippen LogP contribution in [0, 0.1) is 13.8 Å². The van der Waals surface area contributed by atoms with Gasteiger partial charge in [-0.2, -0.15) is 0 Å². The average molecular weight is 563 g/mol. The number of carbonyl (C=O) groups is 2. The van der Waals surface area contributed by atoms with Crippen LogP contribution in [0.2, 0.25) is 5.02 Å². The second kappa shape index (κ2) is 9.45. The predicted molar refractivity (Wildman–Crippen MR) is 149 cm³/mol. The minimum absolute atomic E-state index is 0.284. The van der Waals surface area contributed by atoms with Crippen LogP contribution in [0.4, 0.5) is 8.78 Å². The third kappa shape index (κ3) is 4.30. The van der Waals surface area contributed by atoms with Gasteiger partial charge in [0.1, 0.15) is 5.76 Å². The van der Waals surface area contributed by atoms with Crippen LogP contribution in [0.5, 0.6) is 0 Å². The maximum Gasteiger partial charge on any atom is 0.282 e. The zero-order valence-corrected chi connectivity index (χ0v) is 22.8. The standard InChI is InChI=1S/C30H25ClF2N4O3/c1-16-26(17(2)40-35-16)20-11-23(28(38)34-3)27-22-10-19(29(39)36-14-30(32,33)15-36)6-9-24(22)37(25(27)12-20)13-18-4-7-21(31)8-5-18/h4-12H,13-15H2,1-3H3,(H,34,38). The summed E-state index contributed by atoms with van der Waals surface area (Å²) < 4.78 is 34.5. The Balaban J connectivity index is 1.62. The molecule has 2 aromatic heterocycles. The van der Waals surface area contributed by atoms with Crippen molar-refractivity contribution in [2.75, 3.05) is 20.1 Å². The molecule has 0 saturated carbocycles.